The maximum atomic E-state index is 12.9. The van der Waals surface area contributed by atoms with E-state index in [4.69, 9.17) is 0 Å². The van der Waals surface area contributed by atoms with Gasteiger partial charge in [-0.1, -0.05) is 6.08 Å². The fourth-order valence-electron chi connectivity index (χ4n) is 2.38. The van der Waals surface area contributed by atoms with Crippen LogP contribution in [0.4, 0.5) is 10.1 Å². The lowest BCUT2D eigenvalue weighted by Crippen LogP contribution is -2.50. The molecule has 7 heteroatoms. The van der Waals surface area contributed by atoms with Gasteiger partial charge in [-0.2, -0.15) is 0 Å². The molecule has 1 fully saturated rings. The zero-order valence-corrected chi connectivity index (χ0v) is 13.1. The maximum absolute atomic E-state index is 12.9. The van der Waals surface area contributed by atoms with Crippen LogP contribution in [0.5, 0.6) is 0 Å². The zero-order valence-electron chi connectivity index (χ0n) is 12.2. The van der Waals surface area contributed by atoms with Crippen LogP contribution in [0.2, 0.25) is 0 Å². The van der Waals surface area contributed by atoms with E-state index in [1.165, 1.54) is 18.2 Å². The minimum absolute atomic E-state index is 0.186. The standard InChI is InChI=1S/C15H19FN2O3S/c1-2-11-22(20,21)12-15(19)18-9-7-17(8-10-18)14-5-3-13(16)4-6-14/h2-6H,1,7-12H2. The van der Waals surface area contributed by atoms with Gasteiger partial charge in [-0.05, 0) is 24.3 Å². The van der Waals surface area contributed by atoms with Crippen LogP contribution in [-0.4, -0.2) is 56.9 Å². The summed E-state index contributed by atoms with van der Waals surface area (Å²) >= 11 is 0. The predicted octanol–water partition coefficient (Wildman–Crippen LogP) is 1.08. The number of nitrogens with zero attached hydrogens (tertiary/aromatic N) is 2. The number of halogens is 1. The average Bonchev–Trinajstić information content (AvgIpc) is 2.47. The van der Waals surface area contributed by atoms with Crippen molar-refractivity contribution in [1.82, 2.24) is 4.90 Å². The molecule has 1 saturated heterocycles. The van der Waals surface area contributed by atoms with E-state index < -0.39 is 15.6 Å². The molecule has 1 aromatic rings. The second-order valence-electron chi connectivity index (χ2n) is 5.19. The SMILES string of the molecule is C=CCS(=O)(=O)CC(=O)N1CCN(c2ccc(F)cc2)CC1. The molecule has 120 valence electrons. The van der Waals surface area contributed by atoms with Crippen molar-refractivity contribution in [2.45, 2.75) is 0 Å². The summed E-state index contributed by atoms with van der Waals surface area (Å²) in [4.78, 5) is 15.6. The molecule has 0 unspecified atom stereocenters. The first-order valence-electron chi connectivity index (χ1n) is 7.01. The van der Waals surface area contributed by atoms with Crippen molar-refractivity contribution in [2.75, 3.05) is 42.6 Å². The minimum Gasteiger partial charge on any atom is -0.368 e. The summed E-state index contributed by atoms with van der Waals surface area (Å²) in [5.74, 6) is -1.32. The lowest BCUT2D eigenvalue weighted by Gasteiger charge is -2.36. The highest BCUT2D eigenvalue weighted by atomic mass is 32.2. The molecule has 0 saturated carbocycles. The van der Waals surface area contributed by atoms with Crippen molar-refractivity contribution in [3.8, 4) is 0 Å². The molecule has 2 rings (SSSR count). The highest BCUT2D eigenvalue weighted by Crippen LogP contribution is 2.17. The first kappa shape index (κ1) is 16.5. The van der Waals surface area contributed by atoms with E-state index in [1.54, 1.807) is 17.0 Å². The highest BCUT2D eigenvalue weighted by Gasteiger charge is 2.24. The third-order valence-corrected chi connectivity index (χ3v) is 4.97. The number of piperazine rings is 1. The van der Waals surface area contributed by atoms with Crippen LogP contribution < -0.4 is 4.90 Å². The molecule has 1 aliphatic heterocycles. The number of rotatable bonds is 5. The van der Waals surface area contributed by atoms with Gasteiger partial charge in [0.25, 0.3) is 0 Å². The van der Waals surface area contributed by atoms with Crippen molar-refractivity contribution in [2.24, 2.45) is 0 Å². The Balaban J connectivity index is 1.90. The van der Waals surface area contributed by atoms with Crippen molar-refractivity contribution in [3.05, 3.63) is 42.7 Å². The minimum atomic E-state index is -3.42. The number of sulfone groups is 1. The van der Waals surface area contributed by atoms with Crippen LogP contribution in [-0.2, 0) is 14.6 Å². The summed E-state index contributed by atoms with van der Waals surface area (Å²) in [7, 11) is -3.42. The molecule has 1 amide bonds. The third-order valence-electron chi connectivity index (χ3n) is 3.54. The maximum Gasteiger partial charge on any atom is 0.237 e. The van der Waals surface area contributed by atoms with E-state index in [2.05, 4.69) is 6.58 Å². The summed E-state index contributed by atoms with van der Waals surface area (Å²) in [6.07, 6.45) is 1.29. The number of hydrogen-bond acceptors (Lipinski definition) is 4. The van der Waals surface area contributed by atoms with E-state index in [1.807, 2.05) is 4.90 Å². The second-order valence-corrected chi connectivity index (χ2v) is 7.30. The van der Waals surface area contributed by atoms with Crippen LogP contribution >= 0.6 is 0 Å². The van der Waals surface area contributed by atoms with Crippen molar-refractivity contribution in [1.29, 1.82) is 0 Å². The van der Waals surface area contributed by atoms with E-state index >= 15 is 0 Å². The van der Waals surface area contributed by atoms with Gasteiger partial charge in [0.1, 0.15) is 11.6 Å². The lowest BCUT2D eigenvalue weighted by atomic mass is 10.2. The van der Waals surface area contributed by atoms with Crippen molar-refractivity contribution in [3.63, 3.8) is 0 Å². The highest BCUT2D eigenvalue weighted by molar-refractivity contribution is 7.92. The van der Waals surface area contributed by atoms with Gasteiger partial charge in [0, 0.05) is 31.9 Å². The fourth-order valence-corrected chi connectivity index (χ4v) is 3.42. The number of anilines is 1. The van der Waals surface area contributed by atoms with Crippen molar-refractivity contribution >= 4 is 21.4 Å². The largest absolute Gasteiger partial charge is 0.368 e. The van der Waals surface area contributed by atoms with E-state index in [0.717, 1.165) is 5.69 Å². The number of carbonyl (C=O) groups is 1. The molecule has 22 heavy (non-hydrogen) atoms. The van der Waals surface area contributed by atoms with Gasteiger partial charge >= 0.3 is 0 Å². The van der Waals surface area contributed by atoms with Gasteiger partial charge in [0.2, 0.25) is 5.91 Å². The lowest BCUT2D eigenvalue weighted by molar-refractivity contribution is -0.128. The average molecular weight is 326 g/mol. The van der Waals surface area contributed by atoms with Gasteiger partial charge in [0.05, 0.1) is 5.75 Å². The quantitative estimate of drug-likeness (QED) is 0.760. The molecular formula is C15H19FN2O3S. The number of benzene rings is 1. The molecule has 0 N–H and O–H groups in total. The number of hydrogen-bond donors (Lipinski definition) is 0. The Morgan fingerprint density at radius 3 is 2.32 bits per heavy atom. The summed E-state index contributed by atoms with van der Waals surface area (Å²) < 4.78 is 36.2. The molecule has 1 aliphatic rings. The van der Waals surface area contributed by atoms with E-state index in [-0.39, 0.29) is 17.5 Å². The first-order chi connectivity index (χ1) is 10.4. The van der Waals surface area contributed by atoms with Crippen LogP contribution in [0.1, 0.15) is 0 Å². The molecule has 0 aromatic heterocycles. The van der Waals surface area contributed by atoms with Crippen LogP contribution in [0.15, 0.2) is 36.9 Å². The Bertz CT molecular complexity index is 635. The number of carbonyl (C=O) groups excluding carboxylic acids is 1. The molecule has 5 nitrogen and oxygen atoms in total. The van der Waals surface area contributed by atoms with Crippen LogP contribution in [0, 0.1) is 5.82 Å². The Morgan fingerprint density at radius 2 is 1.77 bits per heavy atom. The van der Waals surface area contributed by atoms with Gasteiger partial charge in [-0.15, -0.1) is 6.58 Å². The molecule has 1 aromatic carbocycles. The molecule has 0 aliphatic carbocycles. The Morgan fingerprint density at radius 1 is 1.18 bits per heavy atom. The molecular weight excluding hydrogens is 307 g/mol. The summed E-state index contributed by atoms with van der Waals surface area (Å²) in [5.41, 5.74) is 0.896. The Kier molecular flexibility index (Phi) is 5.18. The van der Waals surface area contributed by atoms with E-state index in [9.17, 15) is 17.6 Å². The summed E-state index contributed by atoms with van der Waals surface area (Å²) in [5, 5.41) is 0. The van der Waals surface area contributed by atoms with Crippen LogP contribution in [0.25, 0.3) is 0 Å². The van der Waals surface area contributed by atoms with Gasteiger partial charge < -0.3 is 9.80 Å². The second kappa shape index (κ2) is 6.91. The topological polar surface area (TPSA) is 57.7 Å². The summed E-state index contributed by atoms with van der Waals surface area (Å²) in [6.45, 7) is 5.49. The van der Waals surface area contributed by atoms with Gasteiger partial charge in [0.15, 0.2) is 9.84 Å². The van der Waals surface area contributed by atoms with Crippen LogP contribution in [0.3, 0.4) is 0 Å². The Labute approximate surface area is 129 Å². The first-order valence-corrected chi connectivity index (χ1v) is 8.83. The fraction of sp³-hybridized carbons (Fsp3) is 0.400. The number of amides is 1. The third kappa shape index (κ3) is 4.30. The molecule has 0 bridgehead atoms. The summed E-state index contributed by atoms with van der Waals surface area (Å²) in [6, 6.07) is 6.19. The monoisotopic (exact) mass is 326 g/mol. The molecule has 0 radical (unpaired) electrons. The van der Waals surface area contributed by atoms with Crippen molar-refractivity contribution < 1.29 is 17.6 Å². The molecule has 1 heterocycles. The zero-order chi connectivity index (χ0) is 16.2. The smallest absolute Gasteiger partial charge is 0.237 e. The van der Waals surface area contributed by atoms with Gasteiger partial charge in [-0.3, -0.25) is 4.79 Å². The van der Waals surface area contributed by atoms with Gasteiger partial charge in [-0.25, -0.2) is 12.8 Å². The molecule has 0 atom stereocenters. The normalized spacial score (nSPS) is 15.7. The predicted molar refractivity (Wildman–Crippen MR) is 84.0 cm³/mol. The van der Waals surface area contributed by atoms with E-state index in [0.29, 0.717) is 26.2 Å². The Hall–Kier alpha value is -1.89. The molecule has 0 spiro atoms.